The Morgan fingerprint density at radius 2 is 1.87 bits per heavy atom. The number of hydrogen-bond donors (Lipinski definition) is 2. The van der Waals surface area contributed by atoms with Gasteiger partial charge in [-0.05, 0) is 34.7 Å². The van der Waals surface area contributed by atoms with Crippen molar-refractivity contribution in [2.24, 2.45) is 0 Å². The van der Waals surface area contributed by atoms with Gasteiger partial charge in [-0.15, -0.1) is 0 Å². The highest BCUT2D eigenvalue weighted by atomic mass is 127. The van der Waals surface area contributed by atoms with Gasteiger partial charge in [-0.1, -0.05) is 23.2 Å². The van der Waals surface area contributed by atoms with Gasteiger partial charge in [0.25, 0.3) is 0 Å². The zero-order valence-corrected chi connectivity index (χ0v) is 15.4. The lowest BCUT2D eigenvalue weighted by atomic mass is 10.2. The molecule has 1 aromatic carbocycles. The molecule has 0 saturated carbocycles. The number of hydrogen-bond acceptors (Lipinski definition) is 3. The Balaban J connectivity index is 2.62. The maximum absolute atomic E-state index is 12.7. The number of nitrogens with two attached hydrogens (primary N) is 1. The minimum atomic E-state index is -4.60. The average Bonchev–Trinajstić information content (AvgIpc) is 2.64. The molecule has 0 bridgehead atoms. The number of nitrogen functional groups attached to an aromatic ring is 1. The van der Waals surface area contributed by atoms with Crippen LogP contribution < -0.4 is 5.73 Å². The summed E-state index contributed by atoms with van der Waals surface area (Å²) in [7, 11) is 0. The first-order valence-corrected chi connectivity index (χ1v) is 8.80. The highest BCUT2D eigenvalue weighted by Crippen LogP contribution is 2.38. The molecule has 0 aliphatic rings. The van der Waals surface area contributed by atoms with Crippen molar-refractivity contribution in [2.45, 2.75) is 11.9 Å². The molecule has 0 aliphatic heterocycles. The van der Waals surface area contributed by atoms with Crippen LogP contribution in [0.2, 0.25) is 10.0 Å². The summed E-state index contributed by atoms with van der Waals surface area (Å²) in [6, 6.07) is 1.42. The molecule has 0 spiro atoms. The van der Waals surface area contributed by atoms with E-state index in [0.29, 0.717) is 15.8 Å². The summed E-state index contributed by atoms with van der Waals surface area (Å²) in [6.07, 6.45) is -4.60. The zero-order chi connectivity index (χ0) is 17.5. The predicted molar refractivity (Wildman–Crippen MR) is 90.2 cm³/mol. The summed E-state index contributed by atoms with van der Waals surface area (Å²) in [5.74, 6) is -0.305. The van der Waals surface area contributed by atoms with Gasteiger partial charge in [0, 0.05) is 5.56 Å². The van der Waals surface area contributed by atoms with Crippen LogP contribution in [0.3, 0.4) is 0 Å². The van der Waals surface area contributed by atoms with Crippen LogP contribution in [0.25, 0.3) is 5.69 Å². The van der Waals surface area contributed by atoms with E-state index in [9.17, 15) is 17.4 Å². The molecule has 126 valence electrons. The second-order valence-electron chi connectivity index (χ2n) is 4.32. The molecule has 0 radical (unpaired) electrons. The fourth-order valence-electron chi connectivity index (χ4n) is 1.79. The smallest absolute Gasteiger partial charge is 0.383 e. The van der Waals surface area contributed by atoms with E-state index >= 15 is 0 Å². The van der Waals surface area contributed by atoms with Crippen LogP contribution in [0.4, 0.5) is 19.0 Å². The van der Waals surface area contributed by atoms with Gasteiger partial charge in [-0.25, -0.2) is 8.89 Å². The van der Waals surface area contributed by atoms with Crippen molar-refractivity contribution in [1.29, 1.82) is 0 Å². The average molecular weight is 500 g/mol. The molecule has 23 heavy (non-hydrogen) atoms. The molecule has 1 unspecified atom stereocenters. The van der Waals surface area contributed by atoms with E-state index in [1.807, 2.05) is 0 Å². The molecular weight excluding hydrogens is 493 g/mol. The summed E-state index contributed by atoms with van der Waals surface area (Å²) in [5, 5.41) is 3.43. The standard InChI is InChI=1S/C11H7Cl2F3IN3O2S/c12-6-1-4(11(14,15)16)2-7(13)8(6)20-10(18)5(3-23(21)22)9(17)19-20/h1-2H,3,18H2,(H,21,22). The Labute approximate surface area is 154 Å². The molecule has 2 rings (SSSR count). The summed E-state index contributed by atoms with van der Waals surface area (Å²) in [6.45, 7) is 0. The molecule has 2 aromatic rings. The molecule has 5 nitrogen and oxygen atoms in total. The number of nitrogens with zero attached hydrogens (tertiary/aromatic N) is 2. The fourth-order valence-corrected chi connectivity index (χ4v) is 3.91. The topological polar surface area (TPSA) is 81.1 Å². The Kier molecular flexibility index (Phi) is 5.51. The van der Waals surface area contributed by atoms with Crippen molar-refractivity contribution >= 4 is 62.7 Å². The monoisotopic (exact) mass is 499 g/mol. The Bertz CT molecular complexity index is 775. The van der Waals surface area contributed by atoms with E-state index in [-0.39, 0.29) is 32.9 Å². The van der Waals surface area contributed by atoms with E-state index in [0.717, 1.165) is 4.68 Å². The molecular formula is C11H7Cl2F3IN3O2S. The number of alkyl halides is 3. The SMILES string of the molecule is Nc1c(CS(=O)O)c(I)nn1-c1c(Cl)cc(C(F)(F)F)cc1Cl. The predicted octanol–water partition coefficient (Wildman–Crippen LogP) is 4.11. The van der Waals surface area contributed by atoms with Crippen LogP contribution in [-0.4, -0.2) is 18.5 Å². The summed E-state index contributed by atoms with van der Waals surface area (Å²) in [5.41, 5.74) is 5.09. The Hall–Kier alpha value is -0.560. The number of halogens is 6. The summed E-state index contributed by atoms with van der Waals surface area (Å²) in [4.78, 5) is 0. The van der Waals surface area contributed by atoms with Crippen molar-refractivity contribution in [2.75, 3.05) is 5.73 Å². The van der Waals surface area contributed by atoms with Crippen LogP contribution in [0.1, 0.15) is 11.1 Å². The van der Waals surface area contributed by atoms with Crippen molar-refractivity contribution < 1.29 is 21.9 Å². The third-order valence-corrected chi connectivity index (χ3v) is 4.78. The minimum Gasteiger partial charge on any atom is -0.383 e. The largest absolute Gasteiger partial charge is 0.416 e. The molecule has 1 atom stereocenters. The van der Waals surface area contributed by atoms with Gasteiger partial charge < -0.3 is 10.3 Å². The highest BCUT2D eigenvalue weighted by Gasteiger charge is 2.32. The van der Waals surface area contributed by atoms with Crippen LogP contribution in [0.15, 0.2) is 12.1 Å². The van der Waals surface area contributed by atoms with E-state index in [1.165, 1.54) is 0 Å². The van der Waals surface area contributed by atoms with Gasteiger partial charge in [-0.3, -0.25) is 0 Å². The number of rotatable bonds is 3. The van der Waals surface area contributed by atoms with Crippen LogP contribution in [0.5, 0.6) is 0 Å². The van der Waals surface area contributed by atoms with Gasteiger partial charge in [-0.2, -0.15) is 18.3 Å². The second kappa shape index (κ2) is 6.75. The van der Waals surface area contributed by atoms with Crippen molar-refractivity contribution in [3.8, 4) is 5.69 Å². The summed E-state index contributed by atoms with van der Waals surface area (Å²) >= 11 is 11.4. The van der Waals surface area contributed by atoms with Gasteiger partial charge in [0.2, 0.25) is 0 Å². The van der Waals surface area contributed by atoms with E-state index in [4.69, 9.17) is 33.5 Å². The zero-order valence-electron chi connectivity index (χ0n) is 10.9. The molecule has 0 aliphatic carbocycles. The molecule has 3 N–H and O–H groups in total. The molecule has 1 aromatic heterocycles. The quantitative estimate of drug-likeness (QED) is 0.492. The first kappa shape index (κ1) is 18.8. The molecule has 0 fully saturated rings. The van der Waals surface area contributed by atoms with E-state index < -0.39 is 22.8 Å². The normalized spacial score (nSPS) is 13.3. The minimum absolute atomic E-state index is 0.0274. The number of anilines is 1. The first-order valence-electron chi connectivity index (χ1n) is 5.69. The maximum Gasteiger partial charge on any atom is 0.416 e. The van der Waals surface area contributed by atoms with Crippen LogP contribution in [-0.2, 0) is 23.0 Å². The molecule has 0 amide bonds. The molecule has 1 heterocycles. The van der Waals surface area contributed by atoms with Crippen LogP contribution >= 0.6 is 45.8 Å². The first-order chi connectivity index (χ1) is 10.5. The third kappa shape index (κ3) is 3.92. The third-order valence-electron chi connectivity index (χ3n) is 2.80. The lowest BCUT2D eigenvalue weighted by molar-refractivity contribution is -0.137. The van der Waals surface area contributed by atoms with Gasteiger partial charge in [0.05, 0.1) is 21.4 Å². The van der Waals surface area contributed by atoms with Gasteiger partial charge in [0.15, 0.2) is 11.1 Å². The lowest BCUT2D eigenvalue weighted by Crippen LogP contribution is -2.09. The second-order valence-corrected chi connectivity index (χ2v) is 7.09. The Morgan fingerprint density at radius 1 is 1.35 bits per heavy atom. The highest BCUT2D eigenvalue weighted by molar-refractivity contribution is 14.1. The van der Waals surface area contributed by atoms with E-state index in [2.05, 4.69) is 5.10 Å². The van der Waals surface area contributed by atoms with Crippen LogP contribution in [0, 0.1) is 3.70 Å². The molecule has 0 saturated heterocycles. The lowest BCUT2D eigenvalue weighted by Gasteiger charge is -2.13. The van der Waals surface area contributed by atoms with Gasteiger partial charge >= 0.3 is 6.18 Å². The summed E-state index contributed by atoms with van der Waals surface area (Å²) < 4.78 is 59.5. The van der Waals surface area contributed by atoms with E-state index in [1.54, 1.807) is 22.6 Å². The Morgan fingerprint density at radius 3 is 2.30 bits per heavy atom. The number of aromatic nitrogens is 2. The van der Waals surface area contributed by atoms with Crippen molar-refractivity contribution in [1.82, 2.24) is 9.78 Å². The van der Waals surface area contributed by atoms with Gasteiger partial charge in [0.1, 0.15) is 15.2 Å². The maximum atomic E-state index is 12.7. The number of benzene rings is 1. The van der Waals surface area contributed by atoms with Crippen molar-refractivity contribution in [3.05, 3.63) is 37.0 Å². The fraction of sp³-hybridized carbons (Fsp3) is 0.182. The molecule has 12 heteroatoms. The van der Waals surface area contributed by atoms with Crippen molar-refractivity contribution in [3.63, 3.8) is 0 Å².